The molecule has 0 spiro atoms. The van der Waals surface area contributed by atoms with Crippen LogP contribution in [0.25, 0.3) is 0 Å². The molecular weight excluding hydrogens is 477 g/mol. The highest BCUT2D eigenvalue weighted by Gasteiger charge is 2.13. The zero-order valence-corrected chi connectivity index (χ0v) is 18.6. The van der Waals surface area contributed by atoms with Crippen molar-refractivity contribution in [2.75, 3.05) is 6.79 Å². The molecule has 1 heterocycles. The summed E-state index contributed by atoms with van der Waals surface area (Å²) in [6.45, 7) is 2.10. The van der Waals surface area contributed by atoms with E-state index < -0.39 is 0 Å². The molecule has 4 rings (SSSR count). The number of benzene rings is 3. The van der Waals surface area contributed by atoms with Gasteiger partial charge in [-0.25, -0.2) is 0 Å². The Balaban J connectivity index is 0.00000240. The molecule has 0 atom stereocenters. The van der Waals surface area contributed by atoms with Crippen LogP contribution in [0, 0.1) is 0 Å². The van der Waals surface area contributed by atoms with Crippen LogP contribution >= 0.6 is 39.9 Å². The third-order valence-corrected chi connectivity index (χ3v) is 5.31. The Hall–Kier alpha value is -1.92. The second-order valence-corrected chi connectivity index (χ2v) is 7.75. The SMILES string of the molecule is Cl.Clc1ccccc1COc1ccc(Br)cc1CNCc1ccc2c(c1)OCO2. The highest BCUT2D eigenvalue weighted by molar-refractivity contribution is 9.10. The summed E-state index contributed by atoms with van der Waals surface area (Å²) in [6.07, 6.45) is 0. The van der Waals surface area contributed by atoms with E-state index in [1.54, 1.807) is 0 Å². The van der Waals surface area contributed by atoms with E-state index in [2.05, 4.69) is 27.3 Å². The first-order valence-corrected chi connectivity index (χ1v) is 10.1. The van der Waals surface area contributed by atoms with Crippen LogP contribution in [-0.2, 0) is 19.7 Å². The molecule has 4 nitrogen and oxygen atoms in total. The lowest BCUT2D eigenvalue weighted by Gasteiger charge is -2.14. The number of ether oxygens (including phenoxy) is 3. The first-order valence-electron chi connectivity index (χ1n) is 8.93. The minimum atomic E-state index is 0. The number of nitrogens with one attached hydrogen (secondary N) is 1. The van der Waals surface area contributed by atoms with E-state index >= 15 is 0 Å². The Kier molecular flexibility index (Phi) is 7.67. The van der Waals surface area contributed by atoms with Crippen molar-refractivity contribution in [3.8, 4) is 17.2 Å². The molecule has 0 saturated carbocycles. The van der Waals surface area contributed by atoms with Crippen molar-refractivity contribution in [3.63, 3.8) is 0 Å². The molecule has 29 heavy (non-hydrogen) atoms. The molecule has 152 valence electrons. The molecule has 3 aromatic carbocycles. The fourth-order valence-electron chi connectivity index (χ4n) is 2.99. The van der Waals surface area contributed by atoms with Gasteiger partial charge in [0.25, 0.3) is 0 Å². The lowest BCUT2D eigenvalue weighted by Crippen LogP contribution is -2.13. The van der Waals surface area contributed by atoms with Crippen LogP contribution in [0.5, 0.6) is 17.2 Å². The number of halogens is 3. The third kappa shape index (κ3) is 5.58. The molecule has 0 unspecified atom stereocenters. The first kappa shape index (κ1) is 21.8. The summed E-state index contributed by atoms with van der Waals surface area (Å²) in [5.41, 5.74) is 3.17. The van der Waals surface area contributed by atoms with Gasteiger partial charge >= 0.3 is 0 Å². The standard InChI is InChI=1S/C22H19BrClNO3.ClH/c23-18-6-8-20(26-13-16-3-1-2-4-19(16)24)17(10-18)12-25-11-15-5-7-21-22(9-15)28-14-27-21;/h1-10,25H,11-14H2;1H. The van der Waals surface area contributed by atoms with Crippen LogP contribution in [0.3, 0.4) is 0 Å². The van der Waals surface area contributed by atoms with Crippen LogP contribution < -0.4 is 19.5 Å². The maximum atomic E-state index is 6.23. The van der Waals surface area contributed by atoms with Gasteiger partial charge in [-0.3, -0.25) is 0 Å². The van der Waals surface area contributed by atoms with Gasteiger partial charge in [0.15, 0.2) is 11.5 Å². The van der Waals surface area contributed by atoms with E-state index in [9.17, 15) is 0 Å². The van der Waals surface area contributed by atoms with Gasteiger partial charge in [-0.1, -0.05) is 51.8 Å². The lowest BCUT2D eigenvalue weighted by molar-refractivity contribution is 0.174. The molecular formula is C22H20BrCl2NO3. The maximum Gasteiger partial charge on any atom is 0.231 e. The van der Waals surface area contributed by atoms with Gasteiger partial charge in [-0.2, -0.15) is 0 Å². The van der Waals surface area contributed by atoms with Crippen molar-refractivity contribution in [3.05, 3.63) is 86.8 Å². The summed E-state index contributed by atoms with van der Waals surface area (Å²) >= 11 is 9.77. The summed E-state index contributed by atoms with van der Waals surface area (Å²) in [6, 6.07) is 19.7. The molecule has 1 aliphatic heterocycles. The van der Waals surface area contributed by atoms with E-state index in [0.717, 1.165) is 38.4 Å². The fourth-order valence-corrected chi connectivity index (χ4v) is 3.59. The molecule has 0 radical (unpaired) electrons. The summed E-state index contributed by atoms with van der Waals surface area (Å²) in [7, 11) is 0. The summed E-state index contributed by atoms with van der Waals surface area (Å²) in [5.74, 6) is 2.43. The predicted octanol–water partition coefficient (Wildman–Crippen LogP) is 6.12. The second kappa shape index (κ2) is 10.2. The Morgan fingerprint density at radius 1 is 0.931 bits per heavy atom. The molecule has 7 heteroatoms. The number of fused-ring (bicyclic) bond motifs is 1. The van der Waals surface area contributed by atoms with Gasteiger partial charge in [0.05, 0.1) is 0 Å². The Labute approximate surface area is 189 Å². The Bertz CT molecular complexity index is 984. The Morgan fingerprint density at radius 3 is 2.62 bits per heavy atom. The van der Waals surface area contributed by atoms with Crippen molar-refractivity contribution < 1.29 is 14.2 Å². The molecule has 0 saturated heterocycles. The van der Waals surface area contributed by atoms with Crippen LogP contribution in [0.15, 0.2) is 65.1 Å². The van der Waals surface area contributed by atoms with E-state index in [1.807, 2.05) is 54.6 Å². The van der Waals surface area contributed by atoms with Crippen molar-refractivity contribution >= 4 is 39.9 Å². The van der Waals surface area contributed by atoms with Crippen LogP contribution in [0.4, 0.5) is 0 Å². The first-order chi connectivity index (χ1) is 13.7. The summed E-state index contributed by atoms with van der Waals surface area (Å²) in [5, 5.41) is 4.17. The highest BCUT2D eigenvalue weighted by atomic mass is 79.9. The highest BCUT2D eigenvalue weighted by Crippen LogP contribution is 2.32. The van der Waals surface area contributed by atoms with Crippen molar-refractivity contribution in [1.29, 1.82) is 0 Å². The predicted molar refractivity (Wildman–Crippen MR) is 120 cm³/mol. The van der Waals surface area contributed by atoms with Gasteiger partial charge < -0.3 is 19.5 Å². The van der Waals surface area contributed by atoms with Crippen molar-refractivity contribution in [2.45, 2.75) is 19.7 Å². The van der Waals surface area contributed by atoms with Crippen LogP contribution in [0.1, 0.15) is 16.7 Å². The zero-order chi connectivity index (χ0) is 19.3. The van der Waals surface area contributed by atoms with Crippen LogP contribution in [0.2, 0.25) is 5.02 Å². The Morgan fingerprint density at radius 2 is 1.76 bits per heavy atom. The fraction of sp³-hybridized carbons (Fsp3) is 0.182. The molecule has 1 aliphatic rings. The maximum absolute atomic E-state index is 6.23. The number of hydrogen-bond donors (Lipinski definition) is 1. The quantitative estimate of drug-likeness (QED) is 0.427. The summed E-state index contributed by atoms with van der Waals surface area (Å²) < 4.78 is 17.8. The van der Waals surface area contributed by atoms with Gasteiger partial charge in [0, 0.05) is 33.7 Å². The van der Waals surface area contributed by atoms with Gasteiger partial charge in [0.1, 0.15) is 12.4 Å². The van der Waals surface area contributed by atoms with Gasteiger partial charge in [0.2, 0.25) is 6.79 Å². The topological polar surface area (TPSA) is 39.7 Å². The van der Waals surface area contributed by atoms with Crippen molar-refractivity contribution in [2.24, 2.45) is 0 Å². The van der Waals surface area contributed by atoms with Crippen LogP contribution in [-0.4, -0.2) is 6.79 Å². The third-order valence-electron chi connectivity index (χ3n) is 4.45. The largest absolute Gasteiger partial charge is 0.489 e. The molecule has 0 fully saturated rings. The lowest BCUT2D eigenvalue weighted by atomic mass is 10.1. The van der Waals surface area contributed by atoms with Crippen molar-refractivity contribution in [1.82, 2.24) is 5.32 Å². The zero-order valence-electron chi connectivity index (χ0n) is 15.5. The number of rotatable bonds is 7. The van der Waals surface area contributed by atoms with Gasteiger partial charge in [-0.05, 0) is 42.0 Å². The smallest absolute Gasteiger partial charge is 0.231 e. The average molecular weight is 497 g/mol. The molecule has 1 N–H and O–H groups in total. The monoisotopic (exact) mass is 495 g/mol. The van der Waals surface area contributed by atoms with Gasteiger partial charge in [-0.15, -0.1) is 12.4 Å². The summed E-state index contributed by atoms with van der Waals surface area (Å²) in [4.78, 5) is 0. The van der Waals surface area contributed by atoms with E-state index in [1.165, 1.54) is 0 Å². The molecule has 0 aromatic heterocycles. The second-order valence-electron chi connectivity index (χ2n) is 6.42. The normalized spacial score (nSPS) is 11.8. The minimum absolute atomic E-state index is 0. The van der Waals surface area contributed by atoms with E-state index in [-0.39, 0.29) is 19.2 Å². The minimum Gasteiger partial charge on any atom is -0.489 e. The molecule has 0 bridgehead atoms. The van der Waals surface area contributed by atoms with E-state index in [0.29, 0.717) is 24.7 Å². The number of hydrogen-bond acceptors (Lipinski definition) is 4. The molecule has 0 amide bonds. The molecule has 3 aromatic rings. The average Bonchev–Trinajstić information content (AvgIpc) is 3.16. The molecule has 0 aliphatic carbocycles. The van der Waals surface area contributed by atoms with E-state index in [4.69, 9.17) is 25.8 Å².